The van der Waals surface area contributed by atoms with E-state index in [0.717, 1.165) is 5.92 Å². The van der Waals surface area contributed by atoms with Gasteiger partial charge >= 0.3 is 12.4 Å². The summed E-state index contributed by atoms with van der Waals surface area (Å²) in [6.45, 7) is 37.0. The molecule has 3 aliphatic carbocycles. The fraction of sp³-hybridized carbons (Fsp3) is 0.857. The second-order valence-electron chi connectivity index (χ2n) is 18.0. The van der Waals surface area contributed by atoms with Crippen molar-refractivity contribution in [1.82, 2.24) is 0 Å². The molecule has 3 aliphatic rings. The van der Waals surface area contributed by atoms with E-state index in [9.17, 15) is 26.3 Å². The first kappa shape index (κ1) is 51.2. The molecule has 0 nitrogen and oxygen atoms in total. The van der Waals surface area contributed by atoms with Gasteiger partial charge in [-0.15, -0.1) is 0 Å². The molecule has 0 aromatic heterocycles. The Hall–Kier alpha value is -1.20. The molecule has 0 amide bonds. The maximum atomic E-state index is 11.6. The summed E-state index contributed by atoms with van der Waals surface area (Å²) in [5.74, 6) is 5.63. The van der Waals surface area contributed by atoms with Crippen molar-refractivity contribution in [3.8, 4) is 0 Å². The molecule has 1 aromatic carbocycles. The van der Waals surface area contributed by atoms with Gasteiger partial charge in [-0.05, 0) is 103 Å². The first-order valence-corrected chi connectivity index (χ1v) is 18.6. The Bertz CT molecular complexity index is 886. The van der Waals surface area contributed by atoms with Crippen molar-refractivity contribution in [1.29, 1.82) is 0 Å². The van der Waals surface area contributed by atoms with E-state index in [1.807, 2.05) is 27.7 Å². The van der Waals surface area contributed by atoms with Gasteiger partial charge in [0.1, 0.15) is 0 Å². The van der Waals surface area contributed by atoms with Gasteiger partial charge in [-0.3, -0.25) is 0 Å². The predicted molar refractivity (Wildman–Crippen MR) is 202 cm³/mol. The van der Waals surface area contributed by atoms with E-state index in [1.165, 1.54) is 34.8 Å². The third-order valence-electron chi connectivity index (χ3n) is 8.36. The van der Waals surface area contributed by atoms with Gasteiger partial charge < -0.3 is 0 Å². The van der Waals surface area contributed by atoms with Crippen molar-refractivity contribution in [2.45, 2.75) is 193 Å². The fourth-order valence-corrected chi connectivity index (χ4v) is 5.63. The van der Waals surface area contributed by atoms with E-state index >= 15 is 0 Å². The zero-order chi connectivity index (χ0) is 39.1. The van der Waals surface area contributed by atoms with Gasteiger partial charge in [0.15, 0.2) is 5.41 Å². The third-order valence-corrected chi connectivity index (χ3v) is 8.36. The second kappa shape index (κ2) is 21.2. The lowest BCUT2D eigenvalue weighted by atomic mass is 9.81. The molecule has 4 atom stereocenters. The van der Waals surface area contributed by atoms with Crippen LogP contribution in [0.25, 0.3) is 0 Å². The molecule has 0 spiro atoms. The van der Waals surface area contributed by atoms with E-state index in [-0.39, 0.29) is 26.1 Å². The van der Waals surface area contributed by atoms with Crippen molar-refractivity contribution < 1.29 is 27.8 Å². The highest BCUT2D eigenvalue weighted by Gasteiger charge is 2.64. The van der Waals surface area contributed by atoms with Crippen molar-refractivity contribution in [2.75, 3.05) is 0 Å². The highest BCUT2D eigenvalue weighted by molar-refractivity contribution is 5.32. The van der Waals surface area contributed by atoms with Crippen LogP contribution in [0.1, 0.15) is 183 Å². The van der Waals surface area contributed by atoms with Crippen LogP contribution in [0, 0.1) is 40.4 Å². The number of fused-ring (bicyclic) bond motifs is 5. The summed E-state index contributed by atoms with van der Waals surface area (Å²) in [7, 11) is 0. The molecule has 1 aromatic rings. The van der Waals surface area contributed by atoms with Crippen LogP contribution in [0.2, 0.25) is 0 Å². The van der Waals surface area contributed by atoms with Gasteiger partial charge in [0.2, 0.25) is 0 Å². The summed E-state index contributed by atoms with van der Waals surface area (Å²) in [4.78, 5) is 0. The van der Waals surface area contributed by atoms with Gasteiger partial charge in [-0.2, -0.15) is 26.3 Å². The Morgan fingerprint density at radius 1 is 0.562 bits per heavy atom. The van der Waals surface area contributed by atoms with Crippen LogP contribution in [-0.2, 0) is 10.8 Å². The number of alkyl halides is 6. The SMILES string of the molecule is C1CC2C3CCC(C3)C2C1.CC.CC.CC(C)(C(F)(F)F)C(F)(F)F.CC(C)(C)C.CC(C)(C)c1cccc(C(C)(C)C)c1.CC(C)C.[HH]. The summed E-state index contributed by atoms with van der Waals surface area (Å²) < 4.78 is 69.7. The van der Waals surface area contributed by atoms with Crippen molar-refractivity contribution in [3.05, 3.63) is 35.4 Å². The monoisotopic (exact) mass is 699 g/mol. The quantitative estimate of drug-likeness (QED) is 0.237. The maximum absolute atomic E-state index is 11.6. The molecular weight excluding hydrogens is 618 g/mol. The lowest BCUT2D eigenvalue weighted by Crippen LogP contribution is -2.44. The summed E-state index contributed by atoms with van der Waals surface area (Å²) >= 11 is 0. The summed E-state index contributed by atoms with van der Waals surface area (Å²) in [6, 6.07) is 8.94. The highest BCUT2D eigenvalue weighted by Crippen LogP contribution is 2.58. The Labute approximate surface area is 296 Å². The average Bonchev–Trinajstić information content (AvgIpc) is 3.65. The standard InChI is InChI=1S/C14H22.C10H16.C5H6F6.C5H12.C4H10.2C2H6.H2/c1-13(2,3)11-8-7-9-12(10-11)14(4,5)6;1-2-9-7-4-5-8(6-7)10(9)3-1;1-3(2,4(6,7)8)5(9,10)11;1-5(2,3)4;1-4(2)3;2*1-2;/h7-10H,1-6H3;7-10H,1-6H2;1-2H3;1-4H3;4H,1-3H3;2*1-2H3;1H. The van der Waals surface area contributed by atoms with Gasteiger partial charge in [0.05, 0.1) is 0 Å². The topological polar surface area (TPSA) is 0 Å². The van der Waals surface area contributed by atoms with Gasteiger partial charge in [0, 0.05) is 1.43 Å². The predicted octanol–water partition coefficient (Wildman–Crippen LogP) is 16.3. The zero-order valence-corrected chi connectivity index (χ0v) is 34.7. The Morgan fingerprint density at radius 3 is 1.04 bits per heavy atom. The maximum Gasteiger partial charge on any atom is 0.402 e. The molecule has 3 fully saturated rings. The molecule has 0 aliphatic heterocycles. The molecule has 4 rings (SSSR count). The molecule has 4 unspecified atom stereocenters. The number of rotatable bonds is 0. The number of hydrogen-bond acceptors (Lipinski definition) is 0. The van der Waals surface area contributed by atoms with Gasteiger partial charge in [-0.25, -0.2) is 0 Å². The summed E-state index contributed by atoms with van der Waals surface area (Å²) in [5, 5.41) is 0. The second-order valence-corrected chi connectivity index (χ2v) is 18.0. The van der Waals surface area contributed by atoms with E-state index in [1.54, 1.807) is 38.5 Å². The largest absolute Gasteiger partial charge is 0.402 e. The van der Waals surface area contributed by atoms with E-state index < -0.39 is 17.8 Å². The molecule has 0 N–H and O–H groups in total. The molecule has 0 radical (unpaired) electrons. The van der Waals surface area contributed by atoms with E-state index in [4.69, 9.17) is 0 Å². The Kier molecular flexibility index (Phi) is 22.6. The Balaban J connectivity index is -0.000000263. The van der Waals surface area contributed by atoms with Crippen molar-refractivity contribution >= 4 is 0 Å². The smallest absolute Gasteiger partial charge is 0.170 e. The highest BCUT2D eigenvalue weighted by atomic mass is 19.4. The van der Waals surface area contributed by atoms with Crippen LogP contribution < -0.4 is 0 Å². The first-order chi connectivity index (χ1) is 21.4. The molecule has 0 saturated heterocycles. The first-order valence-electron chi connectivity index (χ1n) is 18.6. The normalized spacial score (nSPS) is 21.5. The molecule has 290 valence electrons. The third kappa shape index (κ3) is 19.9. The minimum atomic E-state index is -5.24. The van der Waals surface area contributed by atoms with Crippen LogP contribution in [0.5, 0.6) is 0 Å². The fourth-order valence-electron chi connectivity index (χ4n) is 5.63. The molecule has 2 bridgehead atoms. The van der Waals surface area contributed by atoms with Gasteiger partial charge in [-0.1, -0.05) is 148 Å². The summed E-state index contributed by atoms with van der Waals surface area (Å²) in [6.07, 6.45) is -0.955. The molecule has 3 saturated carbocycles. The van der Waals surface area contributed by atoms with Gasteiger partial charge in [0.25, 0.3) is 0 Å². The van der Waals surface area contributed by atoms with Crippen LogP contribution >= 0.6 is 0 Å². The Morgan fingerprint density at radius 2 is 0.833 bits per heavy atom. The van der Waals surface area contributed by atoms with Crippen LogP contribution in [0.3, 0.4) is 0 Å². The summed E-state index contributed by atoms with van der Waals surface area (Å²) in [5.41, 5.74) is 0.220. The van der Waals surface area contributed by atoms with E-state index in [2.05, 4.69) is 114 Å². The molecular formula is C42H80F6. The van der Waals surface area contributed by atoms with Crippen LogP contribution in [0.15, 0.2) is 24.3 Å². The van der Waals surface area contributed by atoms with E-state index in [0.29, 0.717) is 5.41 Å². The minimum absolute atomic E-state index is 0. The lowest BCUT2D eigenvalue weighted by Gasteiger charge is -2.29. The molecule has 6 heteroatoms. The number of benzene rings is 1. The minimum Gasteiger partial charge on any atom is -0.170 e. The molecule has 48 heavy (non-hydrogen) atoms. The average molecular weight is 699 g/mol. The number of halogens is 6. The zero-order valence-electron chi connectivity index (χ0n) is 34.7. The van der Waals surface area contributed by atoms with Crippen molar-refractivity contribution in [3.63, 3.8) is 0 Å². The lowest BCUT2D eigenvalue weighted by molar-refractivity contribution is -0.327. The molecule has 0 heterocycles. The van der Waals surface area contributed by atoms with Crippen LogP contribution in [0.4, 0.5) is 26.3 Å². The van der Waals surface area contributed by atoms with Crippen molar-refractivity contribution in [2.24, 2.45) is 40.4 Å². The van der Waals surface area contributed by atoms with Crippen LogP contribution in [-0.4, -0.2) is 12.4 Å². The number of hydrogen-bond donors (Lipinski definition) is 0.